The Hall–Kier alpha value is -2.71. The van der Waals surface area contributed by atoms with Gasteiger partial charge in [0.1, 0.15) is 5.25 Å². The lowest BCUT2D eigenvalue weighted by Gasteiger charge is -2.15. The SMILES string of the molecule is Cc1cccc(N2C(=O)C[C@H](Sc3nnc(Nc4ccccc4)s3)C2=O)c1. The molecular formula is C19H16N4O2S2. The number of aromatic nitrogens is 2. The van der Waals surface area contributed by atoms with E-state index in [0.717, 1.165) is 11.3 Å². The highest BCUT2D eigenvalue weighted by Gasteiger charge is 2.40. The molecule has 1 N–H and O–H groups in total. The van der Waals surface area contributed by atoms with Gasteiger partial charge in [0.2, 0.25) is 16.9 Å². The molecule has 2 heterocycles. The molecule has 0 unspecified atom stereocenters. The van der Waals surface area contributed by atoms with Gasteiger partial charge in [0, 0.05) is 12.1 Å². The topological polar surface area (TPSA) is 75.2 Å². The van der Waals surface area contributed by atoms with Crippen LogP contribution in [0.15, 0.2) is 58.9 Å². The summed E-state index contributed by atoms with van der Waals surface area (Å²) >= 11 is 2.65. The maximum atomic E-state index is 12.8. The highest BCUT2D eigenvalue weighted by atomic mass is 32.2. The van der Waals surface area contributed by atoms with Crippen LogP contribution in [-0.4, -0.2) is 27.3 Å². The summed E-state index contributed by atoms with van der Waals surface area (Å²) in [7, 11) is 0. The van der Waals surface area contributed by atoms with Crippen molar-refractivity contribution in [1.82, 2.24) is 10.2 Å². The van der Waals surface area contributed by atoms with Gasteiger partial charge in [0.15, 0.2) is 4.34 Å². The summed E-state index contributed by atoms with van der Waals surface area (Å²) in [6, 6.07) is 17.1. The quantitative estimate of drug-likeness (QED) is 0.657. The number of hydrogen-bond acceptors (Lipinski definition) is 7. The van der Waals surface area contributed by atoms with Crippen LogP contribution >= 0.6 is 23.1 Å². The van der Waals surface area contributed by atoms with E-state index in [-0.39, 0.29) is 18.2 Å². The Morgan fingerprint density at radius 2 is 1.93 bits per heavy atom. The van der Waals surface area contributed by atoms with Gasteiger partial charge < -0.3 is 5.32 Å². The molecule has 8 heteroatoms. The maximum Gasteiger partial charge on any atom is 0.247 e. The summed E-state index contributed by atoms with van der Waals surface area (Å²) in [6.07, 6.45) is 0.165. The van der Waals surface area contributed by atoms with Gasteiger partial charge in [-0.2, -0.15) is 0 Å². The normalized spacial score (nSPS) is 16.8. The number of carbonyl (C=O) groups excluding carboxylic acids is 2. The zero-order valence-corrected chi connectivity index (χ0v) is 16.1. The Kier molecular flexibility index (Phi) is 4.91. The van der Waals surface area contributed by atoms with Crippen molar-refractivity contribution in [3.05, 3.63) is 60.2 Å². The van der Waals surface area contributed by atoms with Crippen molar-refractivity contribution in [2.24, 2.45) is 0 Å². The average molecular weight is 396 g/mol. The third-order valence-electron chi connectivity index (χ3n) is 4.04. The van der Waals surface area contributed by atoms with Gasteiger partial charge in [0.25, 0.3) is 0 Å². The van der Waals surface area contributed by atoms with E-state index >= 15 is 0 Å². The molecule has 0 radical (unpaired) electrons. The van der Waals surface area contributed by atoms with Crippen LogP contribution in [-0.2, 0) is 9.59 Å². The number of nitrogens with one attached hydrogen (secondary N) is 1. The first kappa shape index (κ1) is 17.7. The fraction of sp³-hybridized carbons (Fsp3) is 0.158. The molecule has 1 saturated heterocycles. The van der Waals surface area contributed by atoms with Crippen molar-refractivity contribution in [2.75, 3.05) is 10.2 Å². The Morgan fingerprint density at radius 1 is 1.11 bits per heavy atom. The fourth-order valence-electron chi connectivity index (χ4n) is 2.81. The Bertz CT molecular complexity index is 990. The summed E-state index contributed by atoms with van der Waals surface area (Å²) < 4.78 is 0.658. The number of nitrogens with zero attached hydrogens (tertiary/aromatic N) is 3. The van der Waals surface area contributed by atoms with Crippen LogP contribution in [0.3, 0.4) is 0 Å². The first-order valence-corrected chi connectivity index (χ1v) is 10.1. The van der Waals surface area contributed by atoms with E-state index in [0.29, 0.717) is 15.2 Å². The van der Waals surface area contributed by atoms with Gasteiger partial charge in [-0.15, -0.1) is 10.2 Å². The van der Waals surface area contributed by atoms with E-state index in [1.807, 2.05) is 55.5 Å². The van der Waals surface area contributed by atoms with E-state index < -0.39 is 5.25 Å². The predicted molar refractivity (Wildman–Crippen MR) is 108 cm³/mol. The molecule has 1 aliphatic rings. The van der Waals surface area contributed by atoms with Crippen molar-refractivity contribution in [2.45, 2.75) is 22.9 Å². The van der Waals surface area contributed by atoms with Crippen LogP contribution in [0.25, 0.3) is 0 Å². The first-order valence-electron chi connectivity index (χ1n) is 8.36. The molecule has 1 atom stereocenters. The molecule has 3 aromatic rings. The highest BCUT2D eigenvalue weighted by Crippen LogP contribution is 2.36. The zero-order chi connectivity index (χ0) is 18.8. The number of carbonyl (C=O) groups is 2. The standard InChI is InChI=1S/C19H16N4O2S2/c1-12-6-5-9-14(10-12)23-16(24)11-15(17(23)25)26-19-22-21-18(27-19)20-13-7-3-2-4-8-13/h2-10,15H,11H2,1H3,(H,20,21)/t15-/m0/s1. The number of amides is 2. The number of para-hydroxylation sites is 1. The molecule has 136 valence electrons. The minimum Gasteiger partial charge on any atom is -0.330 e. The second-order valence-corrected chi connectivity index (χ2v) is 8.51. The van der Waals surface area contributed by atoms with Gasteiger partial charge >= 0.3 is 0 Å². The van der Waals surface area contributed by atoms with Crippen LogP contribution < -0.4 is 10.2 Å². The summed E-state index contributed by atoms with van der Waals surface area (Å²) in [6.45, 7) is 1.93. The average Bonchev–Trinajstić information content (AvgIpc) is 3.20. The molecule has 0 bridgehead atoms. The Morgan fingerprint density at radius 3 is 2.70 bits per heavy atom. The van der Waals surface area contributed by atoms with Crippen molar-refractivity contribution in [3.8, 4) is 0 Å². The number of imide groups is 1. The molecule has 1 aromatic heterocycles. The Labute approximate surface area is 164 Å². The molecular weight excluding hydrogens is 380 g/mol. The number of anilines is 3. The van der Waals surface area contributed by atoms with E-state index in [4.69, 9.17) is 0 Å². The van der Waals surface area contributed by atoms with Gasteiger partial charge in [-0.3, -0.25) is 9.59 Å². The zero-order valence-electron chi connectivity index (χ0n) is 14.5. The molecule has 1 aliphatic heterocycles. The van der Waals surface area contributed by atoms with Gasteiger partial charge in [-0.25, -0.2) is 4.90 Å². The summed E-state index contributed by atoms with van der Waals surface area (Å²) in [4.78, 5) is 26.4. The minimum absolute atomic E-state index is 0.165. The van der Waals surface area contributed by atoms with Crippen LogP contribution in [0, 0.1) is 6.92 Å². The number of hydrogen-bond donors (Lipinski definition) is 1. The lowest BCUT2D eigenvalue weighted by Crippen LogP contribution is -2.31. The van der Waals surface area contributed by atoms with Crippen molar-refractivity contribution < 1.29 is 9.59 Å². The molecule has 6 nitrogen and oxygen atoms in total. The van der Waals surface area contributed by atoms with Crippen molar-refractivity contribution in [1.29, 1.82) is 0 Å². The largest absolute Gasteiger partial charge is 0.330 e. The minimum atomic E-state index is -0.476. The lowest BCUT2D eigenvalue weighted by atomic mass is 10.2. The molecule has 2 aromatic carbocycles. The van der Waals surface area contributed by atoms with Crippen LogP contribution in [0.4, 0.5) is 16.5 Å². The van der Waals surface area contributed by atoms with Gasteiger partial charge in [0.05, 0.1) is 5.69 Å². The smallest absolute Gasteiger partial charge is 0.247 e. The third kappa shape index (κ3) is 3.86. The number of aryl methyl sites for hydroxylation is 1. The van der Waals surface area contributed by atoms with E-state index in [9.17, 15) is 9.59 Å². The molecule has 0 aliphatic carbocycles. The monoisotopic (exact) mass is 396 g/mol. The molecule has 0 saturated carbocycles. The summed E-state index contributed by atoms with van der Waals surface area (Å²) in [5, 5.41) is 11.6. The van der Waals surface area contributed by atoms with E-state index in [2.05, 4.69) is 15.5 Å². The third-order valence-corrected chi connectivity index (χ3v) is 6.15. The second-order valence-electron chi connectivity index (χ2n) is 6.08. The van der Waals surface area contributed by atoms with Crippen LogP contribution in [0.1, 0.15) is 12.0 Å². The van der Waals surface area contributed by atoms with Crippen molar-refractivity contribution in [3.63, 3.8) is 0 Å². The first-order chi connectivity index (χ1) is 13.1. The summed E-state index contributed by atoms with van der Waals surface area (Å²) in [5.41, 5.74) is 2.55. The highest BCUT2D eigenvalue weighted by molar-refractivity contribution is 8.02. The van der Waals surface area contributed by atoms with Gasteiger partial charge in [-0.1, -0.05) is 53.4 Å². The molecule has 1 fully saturated rings. The Balaban J connectivity index is 1.46. The summed E-state index contributed by atoms with van der Waals surface area (Å²) in [5.74, 6) is -0.390. The molecule has 0 spiro atoms. The van der Waals surface area contributed by atoms with E-state index in [1.165, 1.54) is 28.0 Å². The van der Waals surface area contributed by atoms with Crippen LogP contribution in [0.5, 0.6) is 0 Å². The molecule has 2 amide bonds. The van der Waals surface area contributed by atoms with Gasteiger partial charge in [-0.05, 0) is 36.8 Å². The predicted octanol–water partition coefficient (Wildman–Crippen LogP) is 4.01. The maximum absolute atomic E-state index is 12.8. The number of benzene rings is 2. The number of rotatable bonds is 5. The molecule has 27 heavy (non-hydrogen) atoms. The van der Waals surface area contributed by atoms with Crippen molar-refractivity contribution >= 4 is 51.4 Å². The van der Waals surface area contributed by atoms with E-state index in [1.54, 1.807) is 6.07 Å². The molecule has 4 rings (SSSR count). The fourth-order valence-corrected chi connectivity index (χ4v) is 4.85. The lowest BCUT2D eigenvalue weighted by molar-refractivity contribution is -0.121. The van der Waals surface area contributed by atoms with Crippen LogP contribution in [0.2, 0.25) is 0 Å². The second kappa shape index (κ2) is 7.50. The number of thioether (sulfide) groups is 1.